The average molecular weight is 348 g/mol. The molecule has 8 heteroatoms. The zero-order chi connectivity index (χ0) is 16.6. The van der Waals surface area contributed by atoms with Gasteiger partial charge in [0.2, 0.25) is 0 Å². The second-order valence-electron chi connectivity index (χ2n) is 4.87. The van der Waals surface area contributed by atoms with Crippen molar-refractivity contribution >= 4 is 49.9 Å². The minimum atomic E-state index is -0.566. The predicted octanol–water partition coefficient (Wildman–Crippen LogP) is 4.42. The van der Waals surface area contributed by atoms with Crippen LogP contribution in [0.15, 0.2) is 36.4 Å². The molecule has 0 spiro atoms. The minimum Gasteiger partial charge on any atom is -0.298 e. The fourth-order valence-electron chi connectivity index (χ4n) is 2.05. The number of nitrogens with one attached hydrogen (secondary N) is 1. The van der Waals surface area contributed by atoms with E-state index >= 15 is 0 Å². The molecule has 0 fully saturated rings. The molecule has 1 amide bonds. The van der Waals surface area contributed by atoms with Gasteiger partial charge in [0, 0.05) is 12.1 Å². The first-order chi connectivity index (χ1) is 10.9. The first-order valence-corrected chi connectivity index (χ1v) is 7.76. The smallest absolute Gasteiger partial charge is 0.270 e. The first kappa shape index (κ1) is 15.4. The van der Waals surface area contributed by atoms with Crippen molar-refractivity contribution in [1.29, 1.82) is 0 Å². The number of non-ortho nitro benzene ring substituents is 1. The molecule has 0 aliphatic carbocycles. The summed E-state index contributed by atoms with van der Waals surface area (Å²) in [6.07, 6.45) is 0. The highest BCUT2D eigenvalue weighted by molar-refractivity contribution is 7.22. The van der Waals surface area contributed by atoms with Crippen molar-refractivity contribution in [3.63, 3.8) is 0 Å². The summed E-state index contributed by atoms with van der Waals surface area (Å²) in [7, 11) is 0. The maximum Gasteiger partial charge on any atom is 0.270 e. The second-order valence-corrected chi connectivity index (χ2v) is 6.30. The van der Waals surface area contributed by atoms with Crippen molar-refractivity contribution in [2.24, 2.45) is 0 Å². The summed E-state index contributed by atoms with van der Waals surface area (Å²) in [5, 5.41) is 13.8. The maximum absolute atomic E-state index is 12.3. The van der Waals surface area contributed by atoms with Gasteiger partial charge in [0.05, 0.1) is 25.7 Å². The van der Waals surface area contributed by atoms with Crippen LogP contribution in [0.25, 0.3) is 10.2 Å². The molecule has 0 bridgehead atoms. The van der Waals surface area contributed by atoms with Crippen LogP contribution in [-0.4, -0.2) is 15.8 Å². The predicted molar refractivity (Wildman–Crippen MR) is 90.4 cm³/mol. The Hall–Kier alpha value is -2.51. The number of carbonyl (C=O) groups excluding carboxylic acids is 1. The number of hydrogen-bond donors (Lipinski definition) is 1. The van der Waals surface area contributed by atoms with Gasteiger partial charge in [0.1, 0.15) is 0 Å². The summed E-state index contributed by atoms with van der Waals surface area (Å²) >= 11 is 7.31. The van der Waals surface area contributed by atoms with E-state index in [0.717, 1.165) is 21.8 Å². The van der Waals surface area contributed by atoms with Crippen LogP contribution in [0.5, 0.6) is 0 Å². The number of aromatic nitrogens is 1. The Bertz CT molecular complexity index is 939. The lowest BCUT2D eigenvalue weighted by Gasteiger charge is -2.03. The Morgan fingerprint density at radius 2 is 2.09 bits per heavy atom. The summed E-state index contributed by atoms with van der Waals surface area (Å²) < 4.78 is 0.968. The number of halogens is 1. The lowest BCUT2D eigenvalue weighted by molar-refractivity contribution is -0.384. The van der Waals surface area contributed by atoms with Crippen LogP contribution in [0.2, 0.25) is 5.02 Å². The van der Waals surface area contributed by atoms with Gasteiger partial charge in [0.15, 0.2) is 5.13 Å². The SMILES string of the molecule is Cc1ccc2nc(NC(=O)c3ccc([N+](=O)[O-])cc3Cl)sc2c1. The largest absolute Gasteiger partial charge is 0.298 e. The molecule has 2 aromatic carbocycles. The van der Waals surface area contributed by atoms with Gasteiger partial charge < -0.3 is 0 Å². The number of amides is 1. The third-order valence-electron chi connectivity index (χ3n) is 3.17. The fourth-order valence-corrected chi connectivity index (χ4v) is 3.27. The van der Waals surface area contributed by atoms with Gasteiger partial charge in [0.25, 0.3) is 11.6 Å². The molecular weight excluding hydrogens is 338 g/mol. The van der Waals surface area contributed by atoms with Crippen molar-refractivity contribution in [3.8, 4) is 0 Å². The van der Waals surface area contributed by atoms with Gasteiger partial charge >= 0.3 is 0 Å². The number of anilines is 1. The molecular formula is C15H10ClN3O3S. The summed E-state index contributed by atoms with van der Waals surface area (Å²) in [6, 6.07) is 9.53. The summed E-state index contributed by atoms with van der Waals surface area (Å²) in [5.41, 5.74) is 1.90. The molecule has 0 saturated carbocycles. The van der Waals surface area contributed by atoms with Crippen LogP contribution < -0.4 is 5.32 Å². The molecule has 0 aliphatic heterocycles. The van der Waals surface area contributed by atoms with Crippen LogP contribution in [0.3, 0.4) is 0 Å². The van der Waals surface area contributed by atoms with Gasteiger partial charge in [-0.25, -0.2) is 4.98 Å². The van der Waals surface area contributed by atoms with E-state index in [1.54, 1.807) is 0 Å². The van der Waals surface area contributed by atoms with Crippen molar-refractivity contribution in [2.75, 3.05) is 5.32 Å². The molecule has 1 aromatic heterocycles. The van der Waals surface area contributed by atoms with Crippen molar-refractivity contribution in [3.05, 3.63) is 62.7 Å². The number of aryl methyl sites for hydroxylation is 1. The number of nitro groups is 1. The number of nitro benzene ring substituents is 1. The van der Waals surface area contributed by atoms with Gasteiger partial charge in [-0.2, -0.15) is 0 Å². The van der Waals surface area contributed by atoms with Crippen LogP contribution in [-0.2, 0) is 0 Å². The van der Waals surface area contributed by atoms with E-state index in [2.05, 4.69) is 10.3 Å². The molecule has 23 heavy (non-hydrogen) atoms. The highest BCUT2D eigenvalue weighted by Gasteiger charge is 2.16. The Balaban J connectivity index is 1.87. The zero-order valence-corrected chi connectivity index (χ0v) is 13.4. The van der Waals surface area contributed by atoms with E-state index in [1.807, 2.05) is 25.1 Å². The van der Waals surface area contributed by atoms with E-state index in [1.165, 1.54) is 23.5 Å². The molecule has 116 valence electrons. The fraction of sp³-hybridized carbons (Fsp3) is 0.0667. The second kappa shape index (κ2) is 5.94. The monoisotopic (exact) mass is 347 g/mol. The number of benzene rings is 2. The maximum atomic E-state index is 12.3. The van der Waals surface area contributed by atoms with Crippen LogP contribution in [0, 0.1) is 17.0 Å². The minimum absolute atomic E-state index is 0.0219. The van der Waals surface area contributed by atoms with E-state index in [-0.39, 0.29) is 16.3 Å². The van der Waals surface area contributed by atoms with Crippen molar-refractivity contribution in [2.45, 2.75) is 6.92 Å². The molecule has 0 atom stereocenters. The first-order valence-electron chi connectivity index (χ1n) is 6.56. The van der Waals surface area contributed by atoms with E-state index in [0.29, 0.717) is 5.13 Å². The average Bonchev–Trinajstić information content (AvgIpc) is 2.88. The Labute approximate surface area is 139 Å². The van der Waals surface area contributed by atoms with Crippen LogP contribution in [0.4, 0.5) is 10.8 Å². The lowest BCUT2D eigenvalue weighted by Crippen LogP contribution is -2.12. The zero-order valence-electron chi connectivity index (χ0n) is 11.9. The lowest BCUT2D eigenvalue weighted by atomic mass is 10.2. The van der Waals surface area contributed by atoms with Gasteiger partial charge in [-0.1, -0.05) is 29.0 Å². The molecule has 3 aromatic rings. The molecule has 6 nitrogen and oxygen atoms in total. The van der Waals surface area contributed by atoms with Crippen LogP contribution in [0.1, 0.15) is 15.9 Å². The Morgan fingerprint density at radius 1 is 1.30 bits per heavy atom. The normalized spacial score (nSPS) is 10.7. The molecule has 0 radical (unpaired) electrons. The molecule has 0 unspecified atom stereocenters. The number of fused-ring (bicyclic) bond motifs is 1. The standard InChI is InChI=1S/C15H10ClN3O3S/c1-8-2-5-12-13(6-8)23-15(17-12)18-14(20)10-4-3-9(19(21)22)7-11(10)16/h2-7H,1H3,(H,17,18,20). The Morgan fingerprint density at radius 3 is 2.78 bits per heavy atom. The van der Waals surface area contributed by atoms with Gasteiger partial charge in [-0.3, -0.25) is 20.2 Å². The van der Waals surface area contributed by atoms with E-state index in [4.69, 9.17) is 11.6 Å². The molecule has 0 saturated heterocycles. The van der Waals surface area contributed by atoms with Gasteiger partial charge in [-0.05, 0) is 30.7 Å². The summed E-state index contributed by atoms with van der Waals surface area (Å²) in [5.74, 6) is -0.458. The molecule has 1 N–H and O–H groups in total. The third-order valence-corrected chi connectivity index (χ3v) is 4.42. The van der Waals surface area contributed by atoms with Crippen molar-refractivity contribution in [1.82, 2.24) is 4.98 Å². The molecule has 0 aliphatic rings. The third kappa shape index (κ3) is 3.15. The summed E-state index contributed by atoms with van der Waals surface area (Å²) in [4.78, 5) is 26.7. The van der Waals surface area contributed by atoms with Crippen molar-refractivity contribution < 1.29 is 9.72 Å². The Kier molecular flexibility index (Phi) is 3.97. The topological polar surface area (TPSA) is 85.1 Å². The number of hydrogen-bond acceptors (Lipinski definition) is 5. The van der Waals surface area contributed by atoms with E-state index in [9.17, 15) is 14.9 Å². The highest BCUT2D eigenvalue weighted by Crippen LogP contribution is 2.28. The van der Waals surface area contributed by atoms with Gasteiger partial charge in [-0.15, -0.1) is 0 Å². The van der Waals surface area contributed by atoms with Crippen LogP contribution >= 0.6 is 22.9 Å². The molecule has 1 heterocycles. The summed E-state index contributed by atoms with van der Waals surface area (Å²) in [6.45, 7) is 1.98. The quantitative estimate of drug-likeness (QED) is 0.561. The van der Waals surface area contributed by atoms with E-state index < -0.39 is 10.8 Å². The number of rotatable bonds is 3. The number of thiazole rings is 1. The molecule has 3 rings (SSSR count). The number of nitrogens with zero attached hydrogens (tertiary/aromatic N) is 2. The number of carbonyl (C=O) groups is 1. The highest BCUT2D eigenvalue weighted by atomic mass is 35.5.